The van der Waals surface area contributed by atoms with E-state index in [0.29, 0.717) is 6.54 Å². The molecule has 2 N–H and O–H groups in total. The summed E-state index contributed by atoms with van der Waals surface area (Å²) < 4.78 is 40.4. The Hall–Kier alpha value is -1.15. The van der Waals surface area contributed by atoms with E-state index < -0.39 is 15.8 Å². The number of hydrogen-bond acceptors (Lipinski definition) is 4. The lowest BCUT2D eigenvalue weighted by atomic mass is 10.3. The predicted molar refractivity (Wildman–Crippen MR) is 83.9 cm³/mol. The maximum atomic E-state index is 13.8. The molecule has 2 aromatic rings. The van der Waals surface area contributed by atoms with E-state index in [1.807, 2.05) is 6.92 Å². The second-order valence-corrected chi connectivity index (χ2v) is 7.32. The summed E-state index contributed by atoms with van der Waals surface area (Å²) in [5, 5.41) is 4.51. The molecular formula is C13H14ClFN2O2S2. The molecular weight excluding hydrogens is 335 g/mol. The van der Waals surface area contributed by atoms with Gasteiger partial charge in [0.15, 0.2) is 5.82 Å². The fourth-order valence-electron chi connectivity index (χ4n) is 1.63. The molecule has 0 bridgehead atoms. The lowest BCUT2D eigenvalue weighted by molar-refractivity contribution is 0.599. The minimum absolute atomic E-state index is 0.111. The van der Waals surface area contributed by atoms with Crippen LogP contribution in [0.3, 0.4) is 0 Å². The summed E-state index contributed by atoms with van der Waals surface area (Å²) >= 11 is 6.97. The summed E-state index contributed by atoms with van der Waals surface area (Å²) in [5.41, 5.74) is -0.165. The van der Waals surface area contributed by atoms with Gasteiger partial charge in [-0.25, -0.2) is 12.8 Å². The van der Waals surface area contributed by atoms with Gasteiger partial charge in [-0.3, -0.25) is 4.72 Å². The van der Waals surface area contributed by atoms with Gasteiger partial charge in [0.1, 0.15) is 0 Å². The first-order chi connectivity index (χ1) is 9.94. The molecule has 8 heteroatoms. The number of anilines is 1. The van der Waals surface area contributed by atoms with Gasteiger partial charge in [0.25, 0.3) is 10.0 Å². The second-order valence-electron chi connectivity index (χ2n) is 4.24. The van der Waals surface area contributed by atoms with Crippen molar-refractivity contribution in [1.29, 1.82) is 0 Å². The molecule has 0 saturated carbocycles. The third kappa shape index (κ3) is 3.94. The Bertz CT molecular complexity index is 732. The fraction of sp³-hybridized carbons (Fsp3) is 0.231. The number of halogens is 2. The van der Waals surface area contributed by atoms with Crippen molar-refractivity contribution in [2.75, 3.05) is 11.3 Å². The van der Waals surface area contributed by atoms with Crippen LogP contribution < -0.4 is 10.0 Å². The molecule has 0 fully saturated rings. The summed E-state index contributed by atoms with van der Waals surface area (Å²) in [6.07, 6.45) is 0. The minimum Gasteiger partial charge on any atom is -0.312 e. The van der Waals surface area contributed by atoms with Crippen molar-refractivity contribution in [3.8, 4) is 0 Å². The monoisotopic (exact) mass is 348 g/mol. The highest BCUT2D eigenvalue weighted by atomic mass is 35.5. The lowest BCUT2D eigenvalue weighted by Crippen LogP contribution is -2.14. The Morgan fingerprint density at radius 1 is 1.38 bits per heavy atom. The number of sulfonamides is 1. The summed E-state index contributed by atoms with van der Waals surface area (Å²) in [5.74, 6) is -0.786. The van der Waals surface area contributed by atoms with Gasteiger partial charge in [-0.2, -0.15) is 0 Å². The van der Waals surface area contributed by atoms with Crippen molar-refractivity contribution in [2.45, 2.75) is 18.4 Å². The van der Waals surface area contributed by atoms with Gasteiger partial charge in [-0.1, -0.05) is 24.6 Å². The van der Waals surface area contributed by atoms with Crippen molar-refractivity contribution in [3.63, 3.8) is 0 Å². The molecule has 0 aliphatic rings. The van der Waals surface area contributed by atoms with Crippen LogP contribution in [0.5, 0.6) is 0 Å². The Kier molecular flexibility index (Phi) is 5.21. The van der Waals surface area contributed by atoms with Crippen LogP contribution in [0, 0.1) is 5.82 Å². The van der Waals surface area contributed by atoms with E-state index in [1.54, 1.807) is 6.07 Å². The Labute approximate surface area is 132 Å². The van der Waals surface area contributed by atoms with Gasteiger partial charge in [0, 0.05) is 16.8 Å². The van der Waals surface area contributed by atoms with Crippen LogP contribution in [-0.2, 0) is 16.6 Å². The highest BCUT2D eigenvalue weighted by Crippen LogP contribution is 2.26. The number of hydrogen-bond donors (Lipinski definition) is 2. The number of nitrogens with one attached hydrogen (secondary N) is 2. The molecule has 1 aromatic heterocycles. The summed E-state index contributed by atoms with van der Waals surface area (Å²) in [6.45, 7) is 3.36. The van der Waals surface area contributed by atoms with Crippen LogP contribution in [0.4, 0.5) is 10.1 Å². The first kappa shape index (κ1) is 16.2. The van der Waals surface area contributed by atoms with E-state index in [0.717, 1.165) is 11.4 Å². The highest BCUT2D eigenvalue weighted by Gasteiger charge is 2.19. The third-order valence-electron chi connectivity index (χ3n) is 2.69. The zero-order chi connectivity index (χ0) is 15.5. The van der Waals surface area contributed by atoms with Crippen LogP contribution in [-0.4, -0.2) is 15.0 Å². The summed E-state index contributed by atoms with van der Waals surface area (Å²) in [7, 11) is -3.82. The van der Waals surface area contributed by atoms with E-state index >= 15 is 0 Å². The average Bonchev–Trinajstić information content (AvgIpc) is 2.91. The molecule has 4 nitrogen and oxygen atoms in total. The minimum atomic E-state index is -3.82. The maximum Gasteiger partial charge on any atom is 0.262 e. The zero-order valence-corrected chi connectivity index (χ0v) is 13.6. The molecule has 0 radical (unpaired) electrons. The van der Waals surface area contributed by atoms with E-state index in [9.17, 15) is 12.8 Å². The van der Waals surface area contributed by atoms with Gasteiger partial charge in [-0.05, 0) is 24.7 Å². The first-order valence-electron chi connectivity index (χ1n) is 6.19. The molecule has 1 aromatic carbocycles. The van der Waals surface area contributed by atoms with Crippen molar-refractivity contribution in [3.05, 3.63) is 45.4 Å². The van der Waals surface area contributed by atoms with Gasteiger partial charge in [-0.15, -0.1) is 11.3 Å². The molecule has 2 rings (SSSR count). The van der Waals surface area contributed by atoms with E-state index in [2.05, 4.69) is 10.0 Å². The van der Waals surface area contributed by atoms with Gasteiger partial charge < -0.3 is 5.32 Å². The maximum absolute atomic E-state index is 13.8. The fourth-order valence-corrected chi connectivity index (χ4v) is 4.11. The molecule has 0 amide bonds. The topological polar surface area (TPSA) is 58.2 Å². The summed E-state index contributed by atoms with van der Waals surface area (Å²) in [6, 6.07) is 5.73. The highest BCUT2D eigenvalue weighted by molar-refractivity contribution is 7.92. The molecule has 0 aliphatic heterocycles. The van der Waals surface area contributed by atoms with Gasteiger partial charge >= 0.3 is 0 Å². The molecule has 0 aliphatic carbocycles. The van der Waals surface area contributed by atoms with Crippen LogP contribution in [0.15, 0.2) is 34.5 Å². The number of rotatable bonds is 6. The smallest absolute Gasteiger partial charge is 0.262 e. The van der Waals surface area contributed by atoms with E-state index in [1.165, 1.54) is 34.9 Å². The van der Waals surface area contributed by atoms with Gasteiger partial charge in [0.2, 0.25) is 0 Å². The molecule has 0 spiro atoms. The second kappa shape index (κ2) is 6.74. The van der Waals surface area contributed by atoms with E-state index in [4.69, 9.17) is 11.6 Å². The normalized spacial score (nSPS) is 11.6. The van der Waals surface area contributed by atoms with Crippen molar-refractivity contribution < 1.29 is 12.8 Å². The van der Waals surface area contributed by atoms with Crippen LogP contribution in [0.1, 0.15) is 11.8 Å². The quantitative estimate of drug-likeness (QED) is 0.840. The Morgan fingerprint density at radius 2 is 2.14 bits per heavy atom. The lowest BCUT2D eigenvalue weighted by Gasteiger charge is -2.08. The molecule has 0 unspecified atom stereocenters. The van der Waals surface area contributed by atoms with Crippen LogP contribution >= 0.6 is 22.9 Å². The van der Waals surface area contributed by atoms with Crippen molar-refractivity contribution in [2.24, 2.45) is 0 Å². The molecule has 1 heterocycles. The first-order valence-corrected chi connectivity index (χ1v) is 8.93. The molecule has 21 heavy (non-hydrogen) atoms. The number of benzene rings is 1. The average molecular weight is 349 g/mol. The zero-order valence-electron chi connectivity index (χ0n) is 11.2. The number of thiophene rings is 1. The molecule has 0 atom stereocenters. The SMILES string of the molecule is CCNCc1cc(S(=O)(=O)Nc2cccc(Cl)c2F)cs1. The molecule has 0 saturated heterocycles. The standard InChI is InChI=1S/C13H14ClFN2O2S2/c1-2-16-7-9-6-10(8-20-9)21(18,19)17-12-5-3-4-11(14)13(12)15/h3-6,8,16-17H,2,7H2,1H3. The third-order valence-corrected chi connectivity index (χ3v) is 5.41. The Balaban J connectivity index is 2.22. The van der Waals surface area contributed by atoms with E-state index in [-0.39, 0.29) is 15.6 Å². The molecule has 114 valence electrons. The van der Waals surface area contributed by atoms with Crippen molar-refractivity contribution in [1.82, 2.24) is 5.32 Å². The van der Waals surface area contributed by atoms with Gasteiger partial charge in [0.05, 0.1) is 15.6 Å². The van der Waals surface area contributed by atoms with Crippen LogP contribution in [0.25, 0.3) is 0 Å². The van der Waals surface area contributed by atoms with Crippen LogP contribution in [0.2, 0.25) is 5.02 Å². The Morgan fingerprint density at radius 3 is 2.86 bits per heavy atom. The summed E-state index contributed by atoms with van der Waals surface area (Å²) in [4.78, 5) is 1.00. The van der Waals surface area contributed by atoms with Crippen molar-refractivity contribution >= 4 is 38.6 Å². The predicted octanol–water partition coefficient (Wildman–Crippen LogP) is 3.45. The largest absolute Gasteiger partial charge is 0.312 e.